The molecular formula is C20H17N3O. The average molecular weight is 315 g/mol. The lowest BCUT2D eigenvalue weighted by Gasteiger charge is -2.16. The van der Waals surface area contributed by atoms with Gasteiger partial charge in [-0.05, 0) is 29.3 Å². The van der Waals surface area contributed by atoms with Gasteiger partial charge in [0.15, 0.2) is 5.69 Å². The summed E-state index contributed by atoms with van der Waals surface area (Å²) in [5.74, 6) is -0.173. The fourth-order valence-corrected chi connectivity index (χ4v) is 3.11. The number of benzene rings is 3. The quantitative estimate of drug-likeness (QED) is 0.595. The van der Waals surface area contributed by atoms with Crippen LogP contribution in [-0.2, 0) is 0 Å². The highest BCUT2D eigenvalue weighted by Crippen LogP contribution is 2.24. The third-order valence-corrected chi connectivity index (χ3v) is 4.32. The Morgan fingerprint density at radius 2 is 1.67 bits per heavy atom. The van der Waals surface area contributed by atoms with Crippen LogP contribution in [0.4, 0.5) is 0 Å². The van der Waals surface area contributed by atoms with E-state index in [2.05, 4.69) is 39.8 Å². The summed E-state index contributed by atoms with van der Waals surface area (Å²) in [7, 11) is 0. The first-order chi connectivity index (χ1) is 11.7. The minimum absolute atomic E-state index is 0.112. The Morgan fingerprint density at radius 1 is 0.958 bits per heavy atom. The zero-order chi connectivity index (χ0) is 16.5. The van der Waals surface area contributed by atoms with E-state index in [4.69, 9.17) is 0 Å². The topological polar surface area (TPSA) is 57.8 Å². The normalized spacial score (nSPS) is 12.4. The van der Waals surface area contributed by atoms with Crippen molar-refractivity contribution in [3.8, 4) is 0 Å². The molecule has 0 saturated heterocycles. The number of aromatic amines is 1. The van der Waals surface area contributed by atoms with E-state index in [9.17, 15) is 4.79 Å². The van der Waals surface area contributed by atoms with E-state index < -0.39 is 0 Å². The lowest BCUT2D eigenvalue weighted by molar-refractivity contribution is 0.0936. The van der Waals surface area contributed by atoms with Gasteiger partial charge >= 0.3 is 0 Å². The van der Waals surface area contributed by atoms with Crippen LogP contribution in [0.5, 0.6) is 0 Å². The highest BCUT2D eigenvalue weighted by atomic mass is 16.2. The van der Waals surface area contributed by atoms with Crippen molar-refractivity contribution >= 4 is 27.6 Å². The summed E-state index contributed by atoms with van der Waals surface area (Å²) in [5.41, 5.74) is 2.39. The summed E-state index contributed by atoms with van der Waals surface area (Å²) in [6.07, 6.45) is 0. The van der Waals surface area contributed by atoms with Crippen LogP contribution in [-0.4, -0.2) is 16.1 Å². The second-order valence-corrected chi connectivity index (χ2v) is 5.88. The third kappa shape index (κ3) is 2.42. The van der Waals surface area contributed by atoms with Gasteiger partial charge in [-0.3, -0.25) is 9.89 Å². The minimum Gasteiger partial charge on any atom is -0.344 e. The Hall–Kier alpha value is -3.14. The highest BCUT2D eigenvalue weighted by Gasteiger charge is 2.17. The molecule has 3 aromatic carbocycles. The molecule has 4 rings (SSSR count). The van der Waals surface area contributed by atoms with E-state index in [1.807, 2.05) is 49.4 Å². The van der Waals surface area contributed by atoms with Gasteiger partial charge in [0.25, 0.3) is 5.91 Å². The molecule has 0 aliphatic rings. The number of carbonyl (C=O) groups excluding carboxylic acids is 1. The number of fused-ring (bicyclic) bond motifs is 2. The maximum Gasteiger partial charge on any atom is 0.272 e. The first-order valence-electron chi connectivity index (χ1n) is 7.95. The molecule has 0 aliphatic heterocycles. The van der Waals surface area contributed by atoms with E-state index in [-0.39, 0.29) is 11.9 Å². The summed E-state index contributed by atoms with van der Waals surface area (Å²) in [6.45, 7) is 1.99. The molecule has 24 heavy (non-hydrogen) atoms. The molecule has 1 unspecified atom stereocenters. The van der Waals surface area contributed by atoms with E-state index in [1.165, 1.54) is 5.39 Å². The minimum atomic E-state index is -0.173. The number of aromatic nitrogens is 2. The zero-order valence-electron chi connectivity index (χ0n) is 13.3. The first-order valence-corrected chi connectivity index (χ1v) is 7.95. The Kier molecular flexibility index (Phi) is 3.50. The van der Waals surface area contributed by atoms with Crippen LogP contribution in [0.3, 0.4) is 0 Å². The van der Waals surface area contributed by atoms with Crippen molar-refractivity contribution < 1.29 is 4.79 Å². The molecule has 0 saturated carbocycles. The van der Waals surface area contributed by atoms with Gasteiger partial charge < -0.3 is 5.32 Å². The van der Waals surface area contributed by atoms with Gasteiger partial charge in [0.05, 0.1) is 11.6 Å². The summed E-state index contributed by atoms with van der Waals surface area (Å²) in [5, 5.41) is 13.3. The second kappa shape index (κ2) is 5.81. The van der Waals surface area contributed by atoms with E-state index in [1.54, 1.807) is 0 Å². The molecule has 1 amide bonds. The Balaban J connectivity index is 1.66. The second-order valence-electron chi connectivity index (χ2n) is 5.88. The zero-order valence-corrected chi connectivity index (χ0v) is 13.3. The predicted octanol–water partition coefficient (Wildman–Crippen LogP) is 4.21. The third-order valence-electron chi connectivity index (χ3n) is 4.32. The van der Waals surface area contributed by atoms with Crippen molar-refractivity contribution in [3.63, 3.8) is 0 Å². The number of carbonyl (C=O) groups is 1. The maximum atomic E-state index is 12.6. The molecule has 0 bridgehead atoms. The fraction of sp³-hybridized carbons (Fsp3) is 0.100. The van der Waals surface area contributed by atoms with Crippen LogP contribution in [0.25, 0.3) is 21.7 Å². The number of nitrogens with zero attached hydrogens (tertiary/aromatic N) is 1. The van der Waals surface area contributed by atoms with Crippen molar-refractivity contribution in [2.45, 2.75) is 13.0 Å². The number of H-pyrrole nitrogens is 1. The SMILES string of the molecule is CC(NC(=O)c1n[nH]c2ccccc12)c1cccc2ccccc12. The highest BCUT2D eigenvalue weighted by molar-refractivity contribution is 6.04. The van der Waals surface area contributed by atoms with Crippen molar-refractivity contribution in [1.29, 1.82) is 0 Å². The largest absolute Gasteiger partial charge is 0.344 e. The number of hydrogen-bond donors (Lipinski definition) is 2. The van der Waals surface area contributed by atoms with Gasteiger partial charge in [0, 0.05) is 5.39 Å². The van der Waals surface area contributed by atoms with Crippen LogP contribution in [0, 0.1) is 0 Å². The maximum absolute atomic E-state index is 12.6. The van der Waals surface area contributed by atoms with E-state index in [0.717, 1.165) is 21.9 Å². The molecule has 2 N–H and O–H groups in total. The van der Waals surface area contributed by atoms with Gasteiger partial charge in [-0.25, -0.2) is 0 Å². The van der Waals surface area contributed by atoms with Crippen molar-refractivity contribution in [2.24, 2.45) is 0 Å². The van der Waals surface area contributed by atoms with Gasteiger partial charge in [0.2, 0.25) is 0 Å². The van der Waals surface area contributed by atoms with E-state index >= 15 is 0 Å². The molecule has 0 spiro atoms. The van der Waals surface area contributed by atoms with Crippen LogP contribution in [0.1, 0.15) is 29.0 Å². The van der Waals surface area contributed by atoms with Crippen molar-refractivity contribution in [1.82, 2.24) is 15.5 Å². The molecule has 4 nitrogen and oxygen atoms in total. The van der Waals surface area contributed by atoms with E-state index in [0.29, 0.717) is 5.69 Å². The fourth-order valence-electron chi connectivity index (χ4n) is 3.11. The predicted molar refractivity (Wildman–Crippen MR) is 95.9 cm³/mol. The standard InChI is InChI=1S/C20H17N3O/c1-13(15-11-6-8-14-7-2-3-9-16(14)15)21-20(24)19-17-10-4-5-12-18(17)22-23-19/h2-13H,1H3,(H,21,24)(H,22,23). The smallest absolute Gasteiger partial charge is 0.272 e. The van der Waals surface area contributed by atoms with Gasteiger partial charge in [-0.2, -0.15) is 5.10 Å². The number of amides is 1. The van der Waals surface area contributed by atoms with Gasteiger partial charge in [-0.1, -0.05) is 60.7 Å². The molecular weight excluding hydrogens is 298 g/mol. The Labute approximate surface area is 139 Å². The average Bonchev–Trinajstić information content (AvgIpc) is 3.05. The number of rotatable bonds is 3. The summed E-state index contributed by atoms with van der Waals surface area (Å²) in [6, 6.07) is 21.9. The molecule has 4 heteroatoms. The molecule has 118 valence electrons. The van der Waals surface area contributed by atoms with Crippen LogP contribution in [0.2, 0.25) is 0 Å². The molecule has 0 fully saturated rings. The lowest BCUT2D eigenvalue weighted by atomic mass is 9.99. The Bertz CT molecular complexity index is 1030. The molecule has 0 aliphatic carbocycles. The monoisotopic (exact) mass is 315 g/mol. The number of nitrogens with one attached hydrogen (secondary N) is 2. The molecule has 1 atom stereocenters. The summed E-state index contributed by atoms with van der Waals surface area (Å²) in [4.78, 5) is 12.6. The number of hydrogen-bond acceptors (Lipinski definition) is 2. The molecule has 1 heterocycles. The van der Waals surface area contributed by atoms with Crippen molar-refractivity contribution in [3.05, 3.63) is 78.0 Å². The number of para-hydroxylation sites is 1. The summed E-state index contributed by atoms with van der Waals surface area (Å²) >= 11 is 0. The lowest BCUT2D eigenvalue weighted by Crippen LogP contribution is -2.27. The molecule has 0 radical (unpaired) electrons. The van der Waals surface area contributed by atoms with Crippen molar-refractivity contribution in [2.75, 3.05) is 0 Å². The van der Waals surface area contributed by atoms with Gasteiger partial charge in [-0.15, -0.1) is 0 Å². The van der Waals surface area contributed by atoms with Crippen LogP contribution in [0.15, 0.2) is 66.7 Å². The Morgan fingerprint density at radius 3 is 2.54 bits per heavy atom. The van der Waals surface area contributed by atoms with Crippen LogP contribution >= 0.6 is 0 Å². The van der Waals surface area contributed by atoms with Crippen LogP contribution < -0.4 is 5.32 Å². The first kappa shape index (κ1) is 14.5. The van der Waals surface area contributed by atoms with Gasteiger partial charge in [0.1, 0.15) is 0 Å². The molecule has 4 aromatic rings. The molecule has 1 aromatic heterocycles. The summed E-state index contributed by atoms with van der Waals surface area (Å²) < 4.78 is 0.